The third kappa shape index (κ3) is 5.41. The van der Waals surface area contributed by atoms with Crippen molar-refractivity contribution in [2.75, 3.05) is 5.75 Å². The van der Waals surface area contributed by atoms with Crippen molar-refractivity contribution < 1.29 is 18.0 Å². The average molecular weight is 486 g/mol. The van der Waals surface area contributed by atoms with E-state index < -0.39 is 18.3 Å². The fourth-order valence-electron chi connectivity index (χ4n) is 5.42. The molecule has 0 aromatic rings. The maximum Gasteiger partial charge on any atom is 0.324 e. The first-order valence-corrected chi connectivity index (χ1v) is 17.0. The van der Waals surface area contributed by atoms with Crippen LogP contribution in [0.5, 0.6) is 0 Å². The molecule has 3 fully saturated rings. The number of hydrogen-bond acceptors (Lipinski definition) is 4. The van der Waals surface area contributed by atoms with Crippen molar-refractivity contribution in [1.82, 2.24) is 14.2 Å². The normalized spacial score (nSPS) is 25.7. The van der Waals surface area contributed by atoms with Gasteiger partial charge in [-0.3, -0.25) is 9.69 Å². The first-order valence-electron chi connectivity index (χ1n) is 12.5. The minimum atomic E-state index is -3.33. The molecule has 0 spiro atoms. The zero-order valence-electron chi connectivity index (χ0n) is 20.7. The number of urea groups is 1. The van der Waals surface area contributed by atoms with E-state index in [2.05, 4.69) is 39.2 Å². The molecule has 7 nitrogen and oxygen atoms in total. The van der Waals surface area contributed by atoms with E-state index in [-0.39, 0.29) is 47.3 Å². The van der Waals surface area contributed by atoms with Crippen LogP contribution < -0.4 is 5.32 Å². The van der Waals surface area contributed by atoms with Crippen LogP contribution in [0.2, 0.25) is 18.1 Å². The van der Waals surface area contributed by atoms with Crippen LogP contribution in [0.25, 0.3) is 0 Å². The molecule has 3 amide bonds. The fourth-order valence-corrected chi connectivity index (χ4v) is 12.4. The number of hydrogen-bond donors (Lipinski definition) is 1. The lowest BCUT2D eigenvalue weighted by atomic mass is 9.93. The first-order chi connectivity index (χ1) is 14.8. The number of rotatable bonds is 5. The monoisotopic (exact) mass is 485 g/mol. The Balaban J connectivity index is 1.76. The number of sulfonamides is 1. The van der Waals surface area contributed by atoms with Gasteiger partial charge >= 0.3 is 6.03 Å². The van der Waals surface area contributed by atoms with Crippen LogP contribution in [-0.2, 0) is 14.8 Å². The number of carbonyl (C=O) groups excluding carboxylic acids is 2. The molecular formula is C23H43N3O4SSi. The molecular weight excluding hydrogens is 442 g/mol. The van der Waals surface area contributed by atoms with E-state index in [9.17, 15) is 18.0 Å². The average Bonchev–Trinajstić information content (AvgIpc) is 2.67. The van der Waals surface area contributed by atoms with Gasteiger partial charge < -0.3 is 5.32 Å². The SMILES string of the molecule is CC(C)(C)[Si](C)(C)N1C(CC(=O)N(C(=O)NC2CCCCC2)C2CCCCC2)CS1(=O)=O. The highest BCUT2D eigenvalue weighted by Crippen LogP contribution is 2.45. The van der Waals surface area contributed by atoms with Crippen molar-refractivity contribution >= 4 is 30.2 Å². The summed E-state index contributed by atoms with van der Waals surface area (Å²) in [7, 11) is -5.68. The highest BCUT2D eigenvalue weighted by atomic mass is 32.2. The van der Waals surface area contributed by atoms with Gasteiger partial charge in [-0.15, -0.1) is 0 Å². The maximum atomic E-state index is 13.5. The molecule has 2 aliphatic carbocycles. The molecule has 184 valence electrons. The van der Waals surface area contributed by atoms with Gasteiger partial charge in [-0.05, 0) is 30.7 Å². The second kappa shape index (κ2) is 9.74. The predicted octanol–water partition coefficient (Wildman–Crippen LogP) is 4.60. The quantitative estimate of drug-likeness (QED) is 0.577. The Hall–Kier alpha value is -0.933. The van der Waals surface area contributed by atoms with Gasteiger partial charge in [0.2, 0.25) is 15.9 Å². The van der Waals surface area contributed by atoms with Gasteiger partial charge in [-0.25, -0.2) is 17.2 Å². The molecule has 3 rings (SSSR count). The molecule has 0 aromatic heterocycles. The summed E-state index contributed by atoms with van der Waals surface area (Å²) in [6.45, 7) is 10.4. The van der Waals surface area contributed by atoms with Gasteiger partial charge in [0.25, 0.3) is 0 Å². The first kappa shape index (κ1) is 25.7. The summed E-state index contributed by atoms with van der Waals surface area (Å²) in [6.07, 6.45) is 10.4. The van der Waals surface area contributed by atoms with Crippen LogP contribution in [0, 0.1) is 0 Å². The Labute approximate surface area is 195 Å². The van der Waals surface area contributed by atoms with Gasteiger partial charge in [-0.2, -0.15) is 0 Å². The number of nitrogens with one attached hydrogen (secondary N) is 1. The van der Waals surface area contributed by atoms with Crippen LogP contribution in [-0.4, -0.2) is 61.3 Å². The van der Waals surface area contributed by atoms with Gasteiger partial charge in [0.1, 0.15) is 8.24 Å². The highest BCUT2D eigenvalue weighted by molar-refractivity contribution is 7.92. The van der Waals surface area contributed by atoms with E-state index in [1.807, 2.05) is 0 Å². The molecule has 1 N–H and O–H groups in total. The highest BCUT2D eigenvalue weighted by Gasteiger charge is 2.57. The standard InChI is InChI=1S/C23H43N3O4SSi/c1-23(2,3)32(4,5)26-20(17-31(26,29)30)16-21(27)25(19-14-10-7-11-15-19)22(28)24-18-12-8-6-9-13-18/h18-20H,6-17H2,1-5H3,(H,24,28). The van der Waals surface area contributed by atoms with Crippen molar-refractivity contribution in [3.05, 3.63) is 0 Å². The molecule has 3 aliphatic rings. The zero-order valence-corrected chi connectivity index (χ0v) is 22.5. The summed E-state index contributed by atoms with van der Waals surface area (Å²) in [5, 5.41) is 2.98. The van der Waals surface area contributed by atoms with Crippen molar-refractivity contribution in [2.45, 2.75) is 128 Å². The molecule has 0 radical (unpaired) electrons. The minimum absolute atomic E-state index is 0.00794. The lowest BCUT2D eigenvalue weighted by Gasteiger charge is -2.53. The molecule has 1 aliphatic heterocycles. The lowest BCUT2D eigenvalue weighted by molar-refractivity contribution is -0.131. The summed E-state index contributed by atoms with van der Waals surface area (Å²) in [5.74, 6) is -0.206. The van der Waals surface area contributed by atoms with E-state index in [0.717, 1.165) is 57.8 Å². The fraction of sp³-hybridized carbons (Fsp3) is 0.913. The van der Waals surface area contributed by atoms with Crippen LogP contribution in [0.3, 0.4) is 0 Å². The second-order valence-electron chi connectivity index (χ2n) is 11.6. The molecule has 32 heavy (non-hydrogen) atoms. The summed E-state index contributed by atoms with van der Waals surface area (Å²) in [4.78, 5) is 28.3. The largest absolute Gasteiger partial charge is 0.335 e. The van der Waals surface area contributed by atoms with Crippen LogP contribution in [0.1, 0.15) is 91.4 Å². The van der Waals surface area contributed by atoms with E-state index >= 15 is 0 Å². The Morgan fingerprint density at radius 1 is 0.969 bits per heavy atom. The molecule has 2 saturated carbocycles. The topological polar surface area (TPSA) is 86.8 Å². The van der Waals surface area contributed by atoms with Crippen LogP contribution in [0.4, 0.5) is 4.79 Å². The van der Waals surface area contributed by atoms with Crippen molar-refractivity contribution in [2.24, 2.45) is 0 Å². The van der Waals surface area contributed by atoms with Gasteiger partial charge in [-0.1, -0.05) is 72.4 Å². The Morgan fingerprint density at radius 2 is 1.50 bits per heavy atom. The van der Waals surface area contributed by atoms with E-state index in [1.54, 1.807) is 3.97 Å². The third-order valence-corrected chi connectivity index (χ3v) is 17.2. The summed E-state index contributed by atoms with van der Waals surface area (Å²) in [5.41, 5.74) is 0. The Kier molecular flexibility index (Phi) is 7.82. The van der Waals surface area contributed by atoms with Gasteiger partial charge in [0, 0.05) is 24.5 Å². The Bertz CT molecular complexity index is 797. The predicted molar refractivity (Wildman–Crippen MR) is 130 cm³/mol. The molecule has 9 heteroatoms. The smallest absolute Gasteiger partial charge is 0.324 e. The van der Waals surface area contributed by atoms with Gasteiger partial charge in [0.15, 0.2) is 0 Å². The number of imide groups is 1. The van der Waals surface area contributed by atoms with Crippen molar-refractivity contribution in [3.8, 4) is 0 Å². The lowest BCUT2D eigenvalue weighted by Crippen LogP contribution is -2.70. The van der Waals surface area contributed by atoms with Gasteiger partial charge in [0.05, 0.1) is 5.75 Å². The number of amides is 3. The zero-order chi connectivity index (χ0) is 23.7. The van der Waals surface area contributed by atoms with Crippen molar-refractivity contribution in [1.29, 1.82) is 0 Å². The van der Waals surface area contributed by atoms with Crippen LogP contribution in [0.15, 0.2) is 0 Å². The number of nitrogens with zero attached hydrogens (tertiary/aromatic N) is 2. The molecule has 1 saturated heterocycles. The summed E-state index contributed by atoms with van der Waals surface area (Å²) < 4.78 is 27.1. The second-order valence-corrected chi connectivity index (χ2v) is 18.9. The van der Waals surface area contributed by atoms with Crippen molar-refractivity contribution in [3.63, 3.8) is 0 Å². The Morgan fingerprint density at radius 3 is 2.00 bits per heavy atom. The molecule has 1 atom stereocenters. The summed E-state index contributed by atoms with van der Waals surface area (Å²) >= 11 is 0. The third-order valence-electron chi connectivity index (χ3n) is 8.19. The maximum absolute atomic E-state index is 13.5. The molecule has 0 aromatic carbocycles. The molecule has 0 bridgehead atoms. The molecule has 1 heterocycles. The number of carbonyl (C=O) groups is 2. The minimum Gasteiger partial charge on any atom is -0.335 e. The molecule has 1 unspecified atom stereocenters. The van der Waals surface area contributed by atoms with Crippen LogP contribution >= 0.6 is 0 Å². The van der Waals surface area contributed by atoms with E-state index in [1.165, 1.54) is 11.3 Å². The summed E-state index contributed by atoms with van der Waals surface area (Å²) in [6, 6.07) is -0.530. The van der Waals surface area contributed by atoms with E-state index in [4.69, 9.17) is 0 Å². The van der Waals surface area contributed by atoms with E-state index in [0.29, 0.717) is 0 Å².